The maximum Gasteiger partial charge on any atom is 0.240 e. The molecular formula is C19H22N2O4. The Morgan fingerprint density at radius 2 is 2.08 bits per heavy atom. The average Bonchev–Trinajstić information content (AvgIpc) is 2.59. The first-order valence-corrected chi connectivity index (χ1v) is 7.97. The lowest BCUT2D eigenvalue weighted by Crippen LogP contribution is -2.17. The van der Waals surface area contributed by atoms with Crippen molar-refractivity contribution < 1.29 is 19.7 Å². The minimum absolute atomic E-state index is 0.207. The SMILES string of the molecule is COc1ccc(CCCC(=O)N/N=C/c2cccc(O)c2O)cc1C. The quantitative estimate of drug-likeness (QED) is 0.410. The van der Waals surface area contributed by atoms with E-state index < -0.39 is 0 Å². The lowest BCUT2D eigenvalue weighted by molar-refractivity contribution is -0.121. The molecule has 25 heavy (non-hydrogen) atoms. The maximum atomic E-state index is 11.8. The van der Waals surface area contributed by atoms with Crippen LogP contribution in [-0.4, -0.2) is 29.4 Å². The summed E-state index contributed by atoms with van der Waals surface area (Å²) in [6, 6.07) is 10.5. The molecule has 0 saturated heterocycles. The minimum atomic E-state index is -0.268. The fraction of sp³-hybridized carbons (Fsp3) is 0.263. The van der Waals surface area contributed by atoms with Crippen LogP contribution in [0.4, 0.5) is 0 Å². The van der Waals surface area contributed by atoms with E-state index in [1.54, 1.807) is 19.2 Å². The molecule has 0 fully saturated rings. The Bertz CT molecular complexity index is 772. The smallest absolute Gasteiger partial charge is 0.240 e. The van der Waals surface area contributed by atoms with Gasteiger partial charge in [-0.25, -0.2) is 5.43 Å². The predicted octanol–water partition coefficient (Wildman–Crippen LogP) is 2.89. The molecular weight excluding hydrogens is 320 g/mol. The Morgan fingerprint density at radius 1 is 1.28 bits per heavy atom. The van der Waals surface area contributed by atoms with Crippen molar-refractivity contribution in [2.45, 2.75) is 26.2 Å². The van der Waals surface area contributed by atoms with Gasteiger partial charge in [-0.2, -0.15) is 5.10 Å². The number of nitrogens with one attached hydrogen (secondary N) is 1. The number of ether oxygens (including phenoxy) is 1. The average molecular weight is 342 g/mol. The number of phenolic OH excluding ortho intramolecular Hbond substituents is 2. The maximum absolute atomic E-state index is 11.8. The van der Waals surface area contributed by atoms with Crippen molar-refractivity contribution >= 4 is 12.1 Å². The van der Waals surface area contributed by atoms with Gasteiger partial charge in [0, 0.05) is 12.0 Å². The van der Waals surface area contributed by atoms with E-state index in [0.29, 0.717) is 18.4 Å². The number of amides is 1. The molecule has 1 amide bonds. The summed E-state index contributed by atoms with van der Waals surface area (Å²) in [7, 11) is 1.64. The molecule has 0 heterocycles. The number of para-hydroxylation sites is 1. The molecule has 2 rings (SSSR count). The van der Waals surface area contributed by atoms with Crippen LogP contribution >= 0.6 is 0 Å². The third kappa shape index (κ3) is 5.24. The number of phenols is 2. The molecule has 132 valence electrons. The summed E-state index contributed by atoms with van der Waals surface area (Å²) in [5.74, 6) is 0.146. The van der Waals surface area contributed by atoms with E-state index in [1.807, 2.05) is 19.1 Å². The Morgan fingerprint density at radius 3 is 2.80 bits per heavy atom. The normalized spacial score (nSPS) is 10.8. The van der Waals surface area contributed by atoms with Crippen molar-refractivity contribution in [3.05, 3.63) is 53.1 Å². The number of hydrogen-bond donors (Lipinski definition) is 3. The lowest BCUT2D eigenvalue weighted by atomic mass is 10.1. The van der Waals surface area contributed by atoms with Gasteiger partial charge in [0.1, 0.15) is 5.75 Å². The van der Waals surface area contributed by atoms with Crippen LogP contribution in [0.5, 0.6) is 17.2 Å². The lowest BCUT2D eigenvalue weighted by Gasteiger charge is -2.07. The molecule has 0 aromatic heterocycles. The van der Waals surface area contributed by atoms with Crippen molar-refractivity contribution in [1.82, 2.24) is 5.43 Å². The number of methoxy groups -OCH3 is 1. The van der Waals surface area contributed by atoms with E-state index >= 15 is 0 Å². The van der Waals surface area contributed by atoms with Crippen LogP contribution in [0.2, 0.25) is 0 Å². The van der Waals surface area contributed by atoms with Crippen LogP contribution in [0.25, 0.3) is 0 Å². The van der Waals surface area contributed by atoms with Crippen LogP contribution < -0.4 is 10.2 Å². The van der Waals surface area contributed by atoms with Crippen LogP contribution in [0.1, 0.15) is 29.5 Å². The molecule has 2 aromatic rings. The standard InChI is InChI=1S/C19H22N2O4/c1-13-11-14(9-10-17(13)25-2)5-3-8-18(23)21-20-12-15-6-4-7-16(22)19(15)24/h4,6-7,9-12,22,24H,3,5,8H2,1-2H3,(H,21,23)/b20-12+. The second kappa shape index (κ2) is 8.73. The van der Waals surface area contributed by atoms with Crippen LogP contribution in [0, 0.1) is 6.92 Å². The number of carbonyl (C=O) groups excluding carboxylic acids is 1. The van der Waals surface area contributed by atoms with E-state index in [4.69, 9.17) is 4.74 Å². The van der Waals surface area contributed by atoms with Gasteiger partial charge in [0.05, 0.1) is 13.3 Å². The van der Waals surface area contributed by atoms with Gasteiger partial charge in [-0.05, 0) is 49.1 Å². The summed E-state index contributed by atoms with van der Waals surface area (Å²) in [5.41, 5.74) is 4.96. The van der Waals surface area contributed by atoms with Crippen molar-refractivity contribution in [2.24, 2.45) is 5.10 Å². The van der Waals surface area contributed by atoms with Gasteiger partial charge in [-0.1, -0.05) is 18.2 Å². The van der Waals surface area contributed by atoms with Crippen LogP contribution in [0.3, 0.4) is 0 Å². The molecule has 0 bridgehead atoms. The van der Waals surface area contributed by atoms with Crippen molar-refractivity contribution in [3.63, 3.8) is 0 Å². The zero-order valence-corrected chi connectivity index (χ0v) is 14.3. The fourth-order valence-corrected chi connectivity index (χ4v) is 2.43. The first-order valence-electron chi connectivity index (χ1n) is 7.97. The summed E-state index contributed by atoms with van der Waals surface area (Å²) in [4.78, 5) is 11.8. The summed E-state index contributed by atoms with van der Waals surface area (Å²) in [6.07, 6.45) is 3.12. The van der Waals surface area contributed by atoms with E-state index in [1.165, 1.54) is 12.3 Å². The first-order chi connectivity index (χ1) is 12.0. The Kier molecular flexibility index (Phi) is 6.39. The van der Waals surface area contributed by atoms with E-state index in [-0.39, 0.29) is 17.4 Å². The van der Waals surface area contributed by atoms with Gasteiger partial charge in [0.15, 0.2) is 11.5 Å². The Hall–Kier alpha value is -3.02. The van der Waals surface area contributed by atoms with Gasteiger partial charge >= 0.3 is 0 Å². The molecule has 0 aliphatic carbocycles. The van der Waals surface area contributed by atoms with Gasteiger partial charge < -0.3 is 14.9 Å². The van der Waals surface area contributed by atoms with E-state index in [0.717, 1.165) is 23.3 Å². The van der Waals surface area contributed by atoms with Gasteiger partial charge in [0.25, 0.3) is 0 Å². The zero-order valence-electron chi connectivity index (χ0n) is 14.3. The number of hydrogen-bond acceptors (Lipinski definition) is 5. The highest BCUT2D eigenvalue weighted by Crippen LogP contribution is 2.26. The second-order valence-corrected chi connectivity index (χ2v) is 5.67. The zero-order chi connectivity index (χ0) is 18.2. The number of aryl methyl sites for hydroxylation is 2. The Labute approximate surface area is 146 Å². The Balaban J connectivity index is 1.78. The van der Waals surface area contributed by atoms with Gasteiger partial charge in [-0.3, -0.25) is 4.79 Å². The summed E-state index contributed by atoms with van der Waals surface area (Å²) in [5, 5.41) is 22.8. The van der Waals surface area contributed by atoms with Crippen molar-refractivity contribution in [2.75, 3.05) is 7.11 Å². The number of carbonyl (C=O) groups is 1. The molecule has 0 radical (unpaired) electrons. The van der Waals surface area contributed by atoms with Crippen LogP contribution in [-0.2, 0) is 11.2 Å². The molecule has 0 aliphatic rings. The summed E-state index contributed by atoms with van der Waals surface area (Å²) < 4.78 is 5.23. The summed E-state index contributed by atoms with van der Waals surface area (Å²) >= 11 is 0. The molecule has 2 aromatic carbocycles. The predicted molar refractivity (Wildman–Crippen MR) is 96.2 cm³/mol. The molecule has 0 saturated carbocycles. The van der Waals surface area contributed by atoms with Gasteiger partial charge in [-0.15, -0.1) is 0 Å². The highest BCUT2D eigenvalue weighted by molar-refractivity contribution is 5.86. The number of rotatable bonds is 7. The van der Waals surface area contributed by atoms with Crippen molar-refractivity contribution in [3.8, 4) is 17.2 Å². The van der Waals surface area contributed by atoms with E-state index in [2.05, 4.69) is 16.6 Å². The molecule has 0 atom stereocenters. The molecule has 6 heteroatoms. The number of hydrazone groups is 1. The minimum Gasteiger partial charge on any atom is -0.504 e. The topological polar surface area (TPSA) is 91.2 Å². The number of aromatic hydroxyl groups is 2. The molecule has 0 spiro atoms. The highest BCUT2D eigenvalue weighted by atomic mass is 16.5. The number of benzene rings is 2. The monoisotopic (exact) mass is 342 g/mol. The van der Waals surface area contributed by atoms with Gasteiger partial charge in [0.2, 0.25) is 5.91 Å². The third-order valence-electron chi connectivity index (χ3n) is 3.77. The largest absolute Gasteiger partial charge is 0.504 e. The first kappa shape index (κ1) is 18.3. The molecule has 3 N–H and O–H groups in total. The van der Waals surface area contributed by atoms with Crippen LogP contribution in [0.15, 0.2) is 41.5 Å². The summed E-state index contributed by atoms with van der Waals surface area (Å²) in [6.45, 7) is 1.99. The van der Waals surface area contributed by atoms with Crippen molar-refractivity contribution in [1.29, 1.82) is 0 Å². The fourth-order valence-electron chi connectivity index (χ4n) is 2.43. The molecule has 0 unspecified atom stereocenters. The molecule has 6 nitrogen and oxygen atoms in total. The highest BCUT2D eigenvalue weighted by Gasteiger charge is 2.05. The second-order valence-electron chi connectivity index (χ2n) is 5.67. The van der Waals surface area contributed by atoms with E-state index in [9.17, 15) is 15.0 Å². The number of nitrogens with zero attached hydrogens (tertiary/aromatic N) is 1. The third-order valence-corrected chi connectivity index (χ3v) is 3.77. The molecule has 0 aliphatic heterocycles.